The molecule has 24 heavy (non-hydrogen) atoms. The molecule has 0 saturated heterocycles. The molecular weight excluding hydrogens is 320 g/mol. The summed E-state index contributed by atoms with van der Waals surface area (Å²) < 4.78 is 4.69. The third kappa shape index (κ3) is 10.5. The number of ether oxygens (including phenoxy) is 1. The van der Waals surface area contributed by atoms with Gasteiger partial charge in [0, 0.05) is 6.42 Å². The average molecular weight is 346 g/mol. The van der Waals surface area contributed by atoms with E-state index in [1.807, 2.05) is 13.8 Å². The van der Waals surface area contributed by atoms with Crippen molar-refractivity contribution in [2.45, 2.75) is 45.2 Å². The lowest BCUT2D eigenvalue weighted by Gasteiger charge is -2.21. The molecule has 0 spiro atoms. The molecule has 7 N–H and O–H groups in total. The van der Waals surface area contributed by atoms with E-state index in [9.17, 15) is 19.2 Å². The number of aliphatic carboxylic acids is 1. The molecule has 2 atom stereocenters. The summed E-state index contributed by atoms with van der Waals surface area (Å²) in [5.74, 6) is -2.72. The summed E-state index contributed by atoms with van der Waals surface area (Å²) >= 11 is 0. The van der Waals surface area contributed by atoms with Crippen LogP contribution in [0.4, 0.5) is 0 Å². The van der Waals surface area contributed by atoms with Crippen LogP contribution in [0.2, 0.25) is 0 Å². The van der Waals surface area contributed by atoms with Crippen LogP contribution in [0.5, 0.6) is 0 Å². The molecule has 0 aromatic carbocycles. The van der Waals surface area contributed by atoms with Crippen LogP contribution in [0.15, 0.2) is 0 Å². The predicted molar refractivity (Wildman–Crippen MR) is 84.4 cm³/mol. The van der Waals surface area contributed by atoms with Crippen LogP contribution in [0.3, 0.4) is 0 Å². The third-order valence-corrected chi connectivity index (χ3v) is 2.95. The van der Waals surface area contributed by atoms with Gasteiger partial charge in [-0.15, -0.1) is 0 Å². The van der Waals surface area contributed by atoms with Gasteiger partial charge < -0.3 is 31.9 Å². The molecule has 0 heterocycles. The van der Waals surface area contributed by atoms with E-state index in [1.54, 1.807) is 0 Å². The van der Waals surface area contributed by atoms with E-state index in [2.05, 4.69) is 15.4 Å². The van der Waals surface area contributed by atoms with Crippen molar-refractivity contribution in [2.24, 2.45) is 17.4 Å². The second-order valence-electron chi connectivity index (χ2n) is 5.73. The van der Waals surface area contributed by atoms with Crippen LogP contribution >= 0.6 is 0 Å². The highest BCUT2D eigenvalue weighted by Gasteiger charge is 2.24. The van der Waals surface area contributed by atoms with Crippen LogP contribution in [-0.2, 0) is 23.9 Å². The summed E-state index contributed by atoms with van der Waals surface area (Å²) in [4.78, 5) is 45.2. The van der Waals surface area contributed by atoms with Crippen molar-refractivity contribution < 1.29 is 29.0 Å². The predicted octanol–water partition coefficient (Wildman–Crippen LogP) is -1.71. The Labute approximate surface area is 140 Å². The Bertz CT molecular complexity index is 455. The number of rotatable bonds is 12. The molecule has 0 aromatic rings. The topological polar surface area (TPSA) is 174 Å². The first-order valence-corrected chi connectivity index (χ1v) is 7.55. The molecule has 138 valence electrons. The first-order chi connectivity index (χ1) is 11.1. The third-order valence-electron chi connectivity index (χ3n) is 2.95. The fourth-order valence-corrected chi connectivity index (χ4v) is 1.83. The first-order valence-electron chi connectivity index (χ1n) is 7.55. The molecule has 10 nitrogen and oxygen atoms in total. The van der Waals surface area contributed by atoms with E-state index in [1.165, 1.54) is 0 Å². The summed E-state index contributed by atoms with van der Waals surface area (Å²) in [6.07, 6.45) is 0.339. The number of amides is 3. The fourth-order valence-electron chi connectivity index (χ4n) is 1.83. The summed E-state index contributed by atoms with van der Waals surface area (Å²) in [5, 5.41) is 13.2. The highest BCUT2D eigenvalue weighted by atomic mass is 16.5. The summed E-state index contributed by atoms with van der Waals surface area (Å²) in [6, 6.07) is -1.80. The molecule has 0 rings (SSSR count). The fraction of sp³-hybridized carbons (Fsp3) is 0.714. The molecule has 10 heteroatoms. The lowest BCUT2D eigenvalue weighted by Crippen LogP contribution is -2.52. The first kappa shape index (κ1) is 21.8. The van der Waals surface area contributed by atoms with Gasteiger partial charge in [-0.1, -0.05) is 13.8 Å². The van der Waals surface area contributed by atoms with Crippen LogP contribution in [0, 0.1) is 5.92 Å². The zero-order valence-electron chi connectivity index (χ0n) is 13.9. The van der Waals surface area contributed by atoms with Crippen molar-refractivity contribution in [3.05, 3.63) is 0 Å². The Morgan fingerprint density at radius 3 is 2.29 bits per heavy atom. The molecule has 0 aliphatic carbocycles. The van der Waals surface area contributed by atoms with Crippen LogP contribution in [-0.4, -0.2) is 54.2 Å². The van der Waals surface area contributed by atoms with Crippen molar-refractivity contribution in [1.29, 1.82) is 0 Å². The maximum absolute atomic E-state index is 12.0. The smallest absolute Gasteiger partial charge is 0.329 e. The highest BCUT2D eigenvalue weighted by molar-refractivity contribution is 5.90. The lowest BCUT2D eigenvalue weighted by atomic mass is 10.0. The zero-order chi connectivity index (χ0) is 18.7. The van der Waals surface area contributed by atoms with Crippen molar-refractivity contribution in [3.63, 3.8) is 0 Å². The van der Waals surface area contributed by atoms with E-state index >= 15 is 0 Å². The summed E-state index contributed by atoms with van der Waals surface area (Å²) in [5.41, 5.74) is 10.8. The Morgan fingerprint density at radius 1 is 1.17 bits per heavy atom. The SMILES string of the molecule is CC(C)C[C@H](N)C(=O)N[C@@H](CCC(N)=O)C(=O)NCOCC(=O)O. The lowest BCUT2D eigenvalue weighted by molar-refractivity contribution is -0.143. The molecular formula is C14H26N4O6. The van der Waals surface area contributed by atoms with Crippen LogP contribution in [0.1, 0.15) is 33.1 Å². The second kappa shape index (κ2) is 11.4. The molecule has 0 aliphatic rings. The van der Waals surface area contributed by atoms with Gasteiger partial charge in [0.2, 0.25) is 17.7 Å². The minimum absolute atomic E-state index is 0.000234. The van der Waals surface area contributed by atoms with Gasteiger partial charge in [-0.3, -0.25) is 14.4 Å². The molecule has 0 aromatic heterocycles. The Balaban J connectivity index is 4.59. The molecule has 3 amide bonds. The Morgan fingerprint density at radius 2 is 1.79 bits per heavy atom. The van der Waals surface area contributed by atoms with Gasteiger partial charge in [-0.05, 0) is 18.8 Å². The number of hydrogen-bond donors (Lipinski definition) is 5. The standard InChI is InChI=1S/C14H26N4O6/c1-8(2)5-9(15)13(22)18-10(3-4-11(16)19)14(23)17-7-24-6-12(20)21/h8-10H,3-7,15H2,1-2H3,(H2,16,19)(H,17,23)(H,18,22)(H,20,21)/t9-,10-/m0/s1. The second-order valence-corrected chi connectivity index (χ2v) is 5.73. The Kier molecular flexibility index (Phi) is 10.3. The highest BCUT2D eigenvalue weighted by Crippen LogP contribution is 2.04. The Hall–Kier alpha value is -2.20. The van der Waals surface area contributed by atoms with Crippen LogP contribution < -0.4 is 22.1 Å². The number of hydrogen-bond acceptors (Lipinski definition) is 6. The van der Waals surface area contributed by atoms with Gasteiger partial charge in [0.1, 0.15) is 19.4 Å². The minimum atomic E-state index is -1.18. The summed E-state index contributed by atoms with van der Waals surface area (Å²) in [7, 11) is 0. The molecule has 0 bridgehead atoms. The normalized spacial score (nSPS) is 13.2. The van der Waals surface area contributed by atoms with E-state index in [0.29, 0.717) is 6.42 Å². The van der Waals surface area contributed by atoms with Gasteiger partial charge in [-0.2, -0.15) is 0 Å². The maximum atomic E-state index is 12.0. The number of nitrogens with one attached hydrogen (secondary N) is 2. The van der Waals surface area contributed by atoms with Crippen molar-refractivity contribution >= 4 is 23.7 Å². The van der Waals surface area contributed by atoms with Gasteiger partial charge in [0.15, 0.2) is 0 Å². The maximum Gasteiger partial charge on any atom is 0.329 e. The van der Waals surface area contributed by atoms with E-state index in [0.717, 1.165) is 0 Å². The molecule has 0 aliphatic heterocycles. The van der Waals surface area contributed by atoms with E-state index in [4.69, 9.17) is 16.6 Å². The van der Waals surface area contributed by atoms with Gasteiger partial charge in [0.25, 0.3) is 0 Å². The van der Waals surface area contributed by atoms with Crippen LogP contribution in [0.25, 0.3) is 0 Å². The van der Waals surface area contributed by atoms with Gasteiger partial charge in [-0.25, -0.2) is 4.79 Å². The molecule has 0 saturated carbocycles. The van der Waals surface area contributed by atoms with Gasteiger partial charge >= 0.3 is 5.97 Å². The minimum Gasteiger partial charge on any atom is -0.480 e. The van der Waals surface area contributed by atoms with Gasteiger partial charge in [0.05, 0.1) is 6.04 Å². The molecule has 0 fully saturated rings. The van der Waals surface area contributed by atoms with Crippen molar-refractivity contribution in [2.75, 3.05) is 13.3 Å². The monoisotopic (exact) mass is 346 g/mol. The quantitative estimate of drug-likeness (QED) is 0.206. The van der Waals surface area contributed by atoms with E-state index in [-0.39, 0.29) is 25.5 Å². The number of primary amides is 1. The number of carbonyl (C=O) groups is 4. The van der Waals surface area contributed by atoms with Crippen molar-refractivity contribution in [1.82, 2.24) is 10.6 Å². The number of nitrogens with two attached hydrogens (primary N) is 2. The largest absolute Gasteiger partial charge is 0.480 e. The number of carboxylic acids is 1. The average Bonchev–Trinajstić information content (AvgIpc) is 2.46. The van der Waals surface area contributed by atoms with E-state index < -0.39 is 42.4 Å². The molecule has 0 unspecified atom stereocenters. The summed E-state index contributed by atoms with van der Waals surface area (Å²) in [6.45, 7) is 2.90. The van der Waals surface area contributed by atoms with Crippen molar-refractivity contribution in [3.8, 4) is 0 Å². The number of carboxylic acid groups (broad SMARTS) is 1. The number of carbonyl (C=O) groups excluding carboxylic acids is 3. The zero-order valence-corrected chi connectivity index (χ0v) is 13.9. The molecule has 0 radical (unpaired) electrons.